The van der Waals surface area contributed by atoms with E-state index < -0.39 is 0 Å². The third kappa shape index (κ3) is 0.806. The Hall–Kier alpha value is -0.820. The highest BCUT2D eigenvalue weighted by atomic mass is 15.4. The lowest BCUT2D eigenvalue weighted by molar-refractivity contribution is 0.504. The number of hydrogen-bond acceptors (Lipinski definition) is 1. The van der Waals surface area contributed by atoms with Crippen molar-refractivity contribution in [2.45, 2.75) is 31.3 Å². The lowest BCUT2D eigenvalue weighted by Gasteiger charge is -2.11. The molecule has 0 amide bonds. The number of benzene rings is 1. The first kappa shape index (κ1) is 7.57. The molecule has 2 aliphatic rings. The molecule has 0 radical (unpaired) electrons. The number of nitrogens with zero attached hydrogens (tertiary/aromatic N) is 1. The van der Waals surface area contributed by atoms with Crippen LogP contribution in [0.2, 0.25) is 0 Å². The molecule has 1 heteroatoms. The van der Waals surface area contributed by atoms with Gasteiger partial charge in [-0.05, 0) is 31.9 Å². The molecule has 3 rings (SSSR count). The van der Waals surface area contributed by atoms with Gasteiger partial charge in [-0.1, -0.05) is 30.3 Å². The predicted octanol–water partition coefficient (Wildman–Crippen LogP) is 2.38. The van der Waals surface area contributed by atoms with Crippen molar-refractivity contribution in [3.63, 3.8) is 0 Å². The average molecular weight is 173 g/mol. The molecule has 1 nitrogen and oxygen atoms in total. The van der Waals surface area contributed by atoms with Crippen LogP contribution in [0.25, 0.3) is 0 Å². The zero-order valence-corrected chi connectivity index (χ0v) is 8.03. The summed E-state index contributed by atoms with van der Waals surface area (Å²) < 4.78 is 0. The van der Waals surface area contributed by atoms with Crippen molar-refractivity contribution >= 4 is 0 Å². The van der Waals surface area contributed by atoms with E-state index in [9.17, 15) is 0 Å². The van der Waals surface area contributed by atoms with E-state index in [0.717, 1.165) is 6.04 Å². The molecule has 1 aromatic carbocycles. The molecule has 3 atom stereocenters. The molecular formula is C12H15N. The Morgan fingerprint density at radius 3 is 2.69 bits per heavy atom. The summed E-state index contributed by atoms with van der Waals surface area (Å²) in [7, 11) is 0. The third-order valence-electron chi connectivity index (χ3n) is 3.83. The highest BCUT2D eigenvalue weighted by Crippen LogP contribution is 2.56. The Morgan fingerprint density at radius 2 is 2.08 bits per heavy atom. The lowest BCUT2D eigenvalue weighted by Crippen LogP contribution is -2.10. The van der Waals surface area contributed by atoms with Gasteiger partial charge in [0.1, 0.15) is 0 Å². The number of hydrogen-bond donors (Lipinski definition) is 0. The van der Waals surface area contributed by atoms with Gasteiger partial charge in [-0.15, -0.1) is 0 Å². The van der Waals surface area contributed by atoms with Crippen molar-refractivity contribution in [2.75, 3.05) is 6.54 Å². The maximum atomic E-state index is 2.63. The second-order valence-electron chi connectivity index (χ2n) is 4.26. The molecule has 2 fully saturated rings. The van der Waals surface area contributed by atoms with Crippen LogP contribution >= 0.6 is 0 Å². The first-order valence-electron chi connectivity index (χ1n) is 5.18. The van der Waals surface area contributed by atoms with E-state index in [4.69, 9.17) is 0 Å². The zero-order chi connectivity index (χ0) is 8.89. The summed E-state index contributed by atoms with van der Waals surface area (Å²) in [6.45, 7) is 3.65. The Kier molecular flexibility index (Phi) is 1.37. The number of rotatable bonds is 1. The summed E-state index contributed by atoms with van der Waals surface area (Å²) in [5.41, 5.74) is 1.97. The molecule has 0 aliphatic carbocycles. The molecule has 0 aromatic heterocycles. The molecule has 68 valence electrons. The van der Waals surface area contributed by atoms with E-state index in [1.807, 2.05) is 0 Å². The molecule has 2 heterocycles. The summed E-state index contributed by atoms with van der Waals surface area (Å²) in [5.74, 6) is 0. The molecule has 13 heavy (non-hydrogen) atoms. The van der Waals surface area contributed by atoms with Gasteiger partial charge >= 0.3 is 0 Å². The van der Waals surface area contributed by atoms with E-state index in [-0.39, 0.29) is 0 Å². The maximum Gasteiger partial charge on any atom is 0.0618 e. The highest BCUT2D eigenvalue weighted by molar-refractivity contribution is 5.36. The molecule has 0 N–H and O–H groups in total. The molecule has 1 unspecified atom stereocenters. The van der Waals surface area contributed by atoms with Gasteiger partial charge < -0.3 is 0 Å². The maximum absolute atomic E-state index is 2.63. The van der Waals surface area contributed by atoms with Crippen molar-refractivity contribution in [2.24, 2.45) is 0 Å². The van der Waals surface area contributed by atoms with Gasteiger partial charge in [0.05, 0.1) is 5.54 Å². The standard InChI is InChI=1S/C12H15N/c1-10-12(8-5-9-13(10)12)11-6-3-2-4-7-11/h2-4,6-7,10H,5,8-9H2,1H3/t10-,12-,13?/m1/s1. The van der Waals surface area contributed by atoms with E-state index in [1.54, 1.807) is 0 Å². The van der Waals surface area contributed by atoms with Crippen molar-refractivity contribution < 1.29 is 0 Å². The Labute approximate surface area is 79.4 Å². The van der Waals surface area contributed by atoms with Crippen LogP contribution in [0.15, 0.2) is 30.3 Å². The smallest absolute Gasteiger partial charge is 0.0618 e. The quantitative estimate of drug-likeness (QED) is 0.589. The second kappa shape index (κ2) is 2.36. The normalized spacial score (nSPS) is 41.6. The monoisotopic (exact) mass is 173 g/mol. The largest absolute Gasteiger partial charge is 0.287 e. The van der Waals surface area contributed by atoms with Gasteiger partial charge in [-0.2, -0.15) is 0 Å². The molecule has 0 spiro atoms. The van der Waals surface area contributed by atoms with Gasteiger partial charge in [-0.3, -0.25) is 4.90 Å². The fraction of sp³-hybridized carbons (Fsp3) is 0.500. The van der Waals surface area contributed by atoms with Crippen molar-refractivity contribution in [3.05, 3.63) is 35.9 Å². The summed E-state index contributed by atoms with van der Waals surface area (Å²) in [6.07, 6.45) is 2.73. The van der Waals surface area contributed by atoms with E-state index in [2.05, 4.69) is 42.2 Å². The molecule has 2 saturated heterocycles. The fourth-order valence-electron chi connectivity index (χ4n) is 3.09. The van der Waals surface area contributed by atoms with Gasteiger partial charge in [0.2, 0.25) is 0 Å². The van der Waals surface area contributed by atoms with Gasteiger partial charge in [0, 0.05) is 6.04 Å². The van der Waals surface area contributed by atoms with Crippen LogP contribution in [0.4, 0.5) is 0 Å². The van der Waals surface area contributed by atoms with Crippen LogP contribution in [0.3, 0.4) is 0 Å². The Morgan fingerprint density at radius 1 is 1.31 bits per heavy atom. The summed E-state index contributed by atoms with van der Waals surface area (Å²) in [5, 5.41) is 0. The van der Waals surface area contributed by atoms with Crippen molar-refractivity contribution in [1.82, 2.24) is 4.90 Å². The summed E-state index contributed by atoms with van der Waals surface area (Å²) >= 11 is 0. The fourth-order valence-corrected chi connectivity index (χ4v) is 3.09. The first-order valence-corrected chi connectivity index (χ1v) is 5.18. The average Bonchev–Trinajstić information content (AvgIpc) is 2.63. The van der Waals surface area contributed by atoms with Crippen LogP contribution < -0.4 is 0 Å². The Balaban J connectivity index is 2.02. The van der Waals surface area contributed by atoms with Gasteiger partial charge in [0.25, 0.3) is 0 Å². The minimum atomic E-state index is 0.446. The van der Waals surface area contributed by atoms with E-state index in [1.165, 1.54) is 24.9 Å². The third-order valence-corrected chi connectivity index (χ3v) is 3.83. The molecular weight excluding hydrogens is 158 g/mol. The molecule has 2 aliphatic heterocycles. The van der Waals surface area contributed by atoms with Crippen LogP contribution in [0.5, 0.6) is 0 Å². The van der Waals surface area contributed by atoms with E-state index >= 15 is 0 Å². The van der Waals surface area contributed by atoms with E-state index in [0.29, 0.717) is 5.54 Å². The summed E-state index contributed by atoms with van der Waals surface area (Å²) in [4.78, 5) is 2.63. The minimum Gasteiger partial charge on any atom is -0.287 e. The van der Waals surface area contributed by atoms with Crippen molar-refractivity contribution in [1.29, 1.82) is 0 Å². The van der Waals surface area contributed by atoms with Gasteiger partial charge in [0.15, 0.2) is 0 Å². The van der Waals surface area contributed by atoms with Gasteiger partial charge in [-0.25, -0.2) is 0 Å². The Bertz CT molecular complexity index is 319. The predicted molar refractivity (Wildman–Crippen MR) is 53.5 cm³/mol. The zero-order valence-electron chi connectivity index (χ0n) is 8.03. The number of piperidine rings is 1. The van der Waals surface area contributed by atoms with Crippen molar-refractivity contribution in [3.8, 4) is 0 Å². The lowest BCUT2D eigenvalue weighted by atomic mass is 9.92. The molecule has 0 bridgehead atoms. The SMILES string of the molecule is C[C@H]1N2CCC[C@]12c1ccccc1. The molecule has 1 aromatic rings. The highest BCUT2D eigenvalue weighted by Gasteiger charge is 2.62. The van der Waals surface area contributed by atoms with Crippen LogP contribution in [-0.2, 0) is 5.54 Å². The number of fused-ring (bicyclic) bond motifs is 1. The second-order valence-corrected chi connectivity index (χ2v) is 4.26. The topological polar surface area (TPSA) is 3.01 Å². The summed E-state index contributed by atoms with van der Waals surface area (Å²) in [6, 6.07) is 11.8. The van der Waals surface area contributed by atoms with Crippen LogP contribution in [-0.4, -0.2) is 17.5 Å². The first-order chi connectivity index (χ1) is 6.36. The minimum absolute atomic E-state index is 0.446. The van der Waals surface area contributed by atoms with Crippen LogP contribution in [0.1, 0.15) is 25.3 Å². The molecule has 0 saturated carbocycles. The van der Waals surface area contributed by atoms with Crippen LogP contribution in [0, 0.1) is 0 Å².